The van der Waals surface area contributed by atoms with Crippen LogP contribution in [0.3, 0.4) is 0 Å². The maximum atomic E-state index is 10.5. The largest absolute Gasteiger partial charge is 0.508 e. The molecule has 0 radical (unpaired) electrons. The van der Waals surface area contributed by atoms with E-state index in [4.69, 9.17) is 15.8 Å². The first-order valence-corrected chi connectivity index (χ1v) is 5.76. The van der Waals surface area contributed by atoms with Crippen LogP contribution in [0.25, 0.3) is 6.08 Å². The fourth-order valence-corrected chi connectivity index (χ4v) is 1.22. The molecule has 0 aliphatic carbocycles. The van der Waals surface area contributed by atoms with Crippen molar-refractivity contribution in [2.45, 2.75) is 0 Å². The van der Waals surface area contributed by atoms with Gasteiger partial charge in [-0.05, 0) is 23.8 Å². The van der Waals surface area contributed by atoms with E-state index in [1.165, 1.54) is 18.2 Å². The fourth-order valence-electron chi connectivity index (χ4n) is 0.745. The summed E-state index contributed by atoms with van der Waals surface area (Å²) < 4.78 is 21.0. The van der Waals surface area contributed by atoms with E-state index in [2.05, 4.69) is 0 Å². The normalized spacial score (nSPS) is 12.1. The number of hydrogen-bond donors (Lipinski definition) is 1. The summed E-state index contributed by atoms with van der Waals surface area (Å²) in [6.07, 6.45) is 1.35. The van der Waals surface area contributed by atoms with Gasteiger partial charge in [-0.25, -0.2) is 8.42 Å². The summed E-state index contributed by atoms with van der Waals surface area (Å²) in [6, 6.07) is 6.07. The van der Waals surface area contributed by atoms with Gasteiger partial charge in [-0.15, -0.1) is 0 Å². The van der Waals surface area contributed by atoms with E-state index in [-0.39, 0.29) is 5.75 Å². The first kappa shape index (κ1) is 10.1. The predicted octanol–water partition coefficient (Wildman–Crippen LogP) is 1.93. The van der Waals surface area contributed by atoms with Gasteiger partial charge in [-0.3, -0.25) is 0 Å². The third-order valence-electron chi connectivity index (χ3n) is 1.32. The highest BCUT2D eigenvalue weighted by atomic mass is 35.7. The van der Waals surface area contributed by atoms with Gasteiger partial charge in [0.25, 0.3) is 9.05 Å². The van der Waals surface area contributed by atoms with Gasteiger partial charge in [-0.1, -0.05) is 12.1 Å². The molecule has 70 valence electrons. The summed E-state index contributed by atoms with van der Waals surface area (Å²) in [5.74, 6) is 0.130. The van der Waals surface area contributed by atoms with Gasteiger partial charge in [0.1, 0.15) is 5.75 Å². The third-order valence-corrected chi connectivity index (χ3v) is 2.09. The van der Waals surface area contributed by atoms with Crippen LogP contribution in [0.2, 0.25) is 0 Å². The number of phenolic OH excluding ortho intramolecular Hbond substituents is 1. The van der Waals surface area contributed by atoms with Crippen molar-refractivity contribution in [1.29, 1.82) is 0 Å². The van der Waals surface area contributed by atoms with Crippen LogP contribution in [0, 0.1) is 0 Å². The molecule has 1 N–H and O–H groups in total. The zero-order chi connectivity index (χ0) is 9.90. The molecule has 0 aliphatic rings. The van der Waals surface area contributed by atoms with Gasteiger partial charge in [0.05, 0.1) is 0 Å². The van der Waals surface area contributed by atoms with Gasteiger partial charge in [-0.2, -0.15) is 0 Å². The number of rotatable bonds is 2. The van der Waals surface area contributed by atoms with Crippen LogP contribution in [0.5, 0.6) is 5.75 Å². The zero-order valence-corrected chi connectivity index (χ0v) is 8.09. The van der Waals surface area contributed by atoms with Crippen LogP contribution < -0.4 is 0 Å². The van der Waals surface area contributed by atoms with Crippen molar-refractivity contribution >= 4 is 25.8 Å². The number of benzene rings is 1. The minimum atomic E-state index is -3.60. The minimum absolute atomic E-state index is 0.130. The highest BCUT2D eigenvalue weighted by Crippen LogP contribution is 2.12. The Morgan fingerprint density at radius 3 is 2.23 bits per heavy atom. The molecule has 0 bridgehead atoms. The number of aromatic hydroxyl groups is 1. The van der Waals surface area contributed by atoms with E-state index in [9.17, 15) is 8.42 Å². The Bertz CT molecular complexity index is 406. The molecule has 0 atom stereocenters. The molecular weight excluding hydrogens is 212 g/mol. The quantitative estimate of drug-likeness (QED) is 0.772. The Kier molecular flexibility index (Phi) is 2.95. The second-order valence-corrected chi connectivity index (χ2v) is 4.88. The summed E-state index contributed by atoms with van der Waals surface area (Å²) in [6.45, 7) is 0. The Hall–Kier alpha value is -1.00. The standard InChI is InChI=1S/C8H7ClO3S/c9-13(11,12)6-5-7-1-3-8(10)4-2-7/h1-6,10H/b6-5-. The van der Waals surface area contributed by atoms with Crippen LogP contribution in [-0.4, -0.2) is 13.5 Å². The Balaban J connectivity index is 2.88. The Morgan fingerprint density at radius 2 is 1.77 bits per heavy atom. The average Bonchev–Trinajstić information content (AvgIpc) is 2.02. The predicted molar refractivity (Wildman–Crippen MR) is 51.9 cm³/mol. The van der Waals surface area contributed by atoms with Gasteiger partial charge in [0.2, 0.25) is 0 Å². The van der Waals surface area contributed by atoms with Crippen LogP contribution in [0.15, 0.2) is 29.7 Å². The van der Waals surface area contributed by atoms with Gasteiger partial charge in [0.15, 0.2) is 0 Å². The second-order valence-electron chi connectivity index (χ2n) is 2.37. The highest BCUT2D eigenvalue weighted by Gasteiger charge is 1.96. The maximum absolute atomic E-state index is 10.5. The highest BCUT2D eigenvalue weighted by molar-refractivity contribution is 8.16. The lowest BCUT2D eigenvalue weighted by atomic mass is 10.2. The van der Waals surface area contributed by atoms with Gasteiger partial charge >= 0.3 is 0 Å². The lowest BCUT2D eigenvalue weighted by Crippen LogP contribution is -1.79. The van der Waals surface area contributed by atoms with E-state index < -0.39 is 9.05 Å². The molecule has 1 rings (SSSR count). The lowest BCUT2D eigenvalue weighted by molar-refractivity contribution is 0.475. The van der Waals surface area contributed by atoms with E-state index in [0.717, 1.165) is 5.41 Å². The fraction of sp³-hybridized carbons (Fsp3) is 0. The Labute approximate surface area is 80.7 Å². The maximum Gasteiger partial charge on any atom is 0.254 e. The topological polar surface area (TPSA) is 54.4 Å². The van der Waals surface area contributed by atoms with Crippen molar-refractivity contribution in [1.82, 2.24) is 0 Å². The van der Waals surface area contributed by atoms with Crippen molar-refractivity contribution < 1.29 is 13.5 Å². The number of hydrogen-bond acceptors (Lipinski definition) is 3. The molecular formula is C8H7ClO3S. The molecule has 0 aromatic heterocycles. The molecule has 5 heteroatoms. The summed E-state index contributed by atoms with van der Waals surface area (Å²) in [7, 11) is 1.35. The monoisotopic (exact) mass is 218 g/mol. The first-order chi connectivity index (χ1) is 5.97. The smallest absolute Gasteiger partial charge is 0.254 e. The van der Waals surface area contributed by atoms with Crippen molar-refractivity contribution in [3.05, 3.63) is 35.2 Å². The Morgan fingerprint density at radius 1 is 1.23 bits per heavy atom. The van der Waals surface area contributed by atoms with E-state index in [1.54, 1.807) is 12.1 Å². The lowest BCUT2D eigenvalue weighted by Gasteiger charge is -1.92. The SMILES string of the molecule is O=S(=O)(Cl)/C=C\c1ccc(O)cc1. The summed E-state index contributed by atoms with van der Waals surface area (Å²) >= 11 is 0. The molecule has 0 unspecified atom stereocenters. The molecule has 1 aromatic carbocycles. The molecule has 3 nitrogen and oxygen atoms in total. The molecule has 0 fully saturated rings. The van der Waals surface area contributed by atoms with Crippen LogP contribution in [0.4, 0.5) is 0 Å². The van der Waals surface area contributed by atoms with E-state index in [0.29, 0.717) is 5.56 Å². The summed E-state index contributed by atoms with van der Waals surface area (Å²) in [4.78, 5) is 0. The van der Waals surface area contributed by atoms with Crippen molar-refractivity contribution in [2.24, 2.45) is 0 Å². The van der Waals surface area contributed by atoms with E-state index >= 15 is 0 Å². The number of halogens is 1. The second kappa shape index (κ2) is 3.81. The minimum Gasteiger partial charge on any atom is -0.508 e. The third kappa shape index (κ3) is 3.96. The summed E-state index contributed by atoms with van der Waals surface area (Å²) in [5.41, 5.74) is 0.655. The molecule has 0 amide bonds. The molecule has 0 heterocycles. The molecule has 1 aromatic rings. The molecule has 13 heavy (non-hydrogen) atoms. The van der Waals surface area contributed by atoms with Crippen molar-refractivity contribution in [2.75, 3.05) is 0 Å². The van der Waals surface area contributed by atoms with Gasteiger partial charge in [0, 0.05) is 16.1 Å². The molecule has 0 aliphatic heterocycles. The molecule has 0 saturated carbocycles. The number of phenols is 1. The summed E-state index contributed by atoms with van der Waals surface area (Å²) in [5, 5.41) is 9.81. The molecule has 0 saturated heterocycles. The van der Waals surface area contributed by atoms with Crippen LogP contribution in [-0.2, 0) is 9.05 Å². The van der Waals surface area contributed by atoms with Crippen LogP contribution in [0.1, 0.15) is 5.56 Å². The zero-order valence-electron chi connectivity index (χ0n) is 6.51. The van der Waals surface area contributed by atoms with Crippen molar-refractivity contribution in [3.63, 3.8) is 0 Å². The van der Waals surface area contributed by atoms with Gasteiger partial charge < -0.3 is 5.11 Å². The van der Waals surface area contributed by atoms with E-state index in [1.807, 2.05) is 0 Å². The first-order valence-electron chi connectivity index (χ1n) is 3.39. The van der Waals surface area contributed by atoms with Crippen LogP contribution >= 0.6 is 10.7 Å². The van der Waals surface area contributed by atoms with Crippen molar-refractivity contribution in [3.8, 4) is 5.75 Å². The average molecular weight is 219 g/mol. The molecule has 0 spiro atoms.